The summed E-state index contributed by atoms with van der Waals surface area (Å²) in [5, 5.41) is 0. The molecular formula is C21H21NO7. The summed E-state index contributed by atoms with van der Waals surface area (Å²) in [6.07, 6.45) is 1.58. The molecule has 1 aliphatic rings. The van der Waals surface area contributed by atoms with Gasteiger partial charge in [0.2, 0.25) is 11.6 Å². The van der Waals surface area contributed by atoms with E-state index in [-0.39, 0.29) is 11.6 Å². The number of hydrogen-bond donors (Lipinski definition) is 0. The van der Waals surface area contributed by atoms with Crippen molar-refractivity contribution in [3.63, 3.8) is 0 Å². The maximum atomic E-state index is 12.4. The van der Waals surface area contributed by atoms with Crippen molar-refractivity contribution in [2.24, 2.45) is 4.99 Å². The van der Waals surface area contributed by atoms with Gasteiger partial charge in [-0.05, 0) is 24.3 Å². The lowest BCUT2D eigenvalue weighted by atomic mass is 10.1. The van der Waals surface area contributed by atoms with Crippen molar-refractivity contribution in [1.82, 2.24) is 0 Å². The van der Waals surface area contributed by atoms with Gasteiger partial charge in [0.15, 0.2) is 28.7 Å². The van der Waals surface area contributed by atoms with Crippen molar-refractivity contribution in [2.45, 2.75) is 0 Å². The highest BCUT2D eigenvalue weighted by Crippen LogP contribution is 2.39. The lowest BCUT2D eigenvalue weighted by molar-refractivity contribution is -0.129. The first-order valence-electron chi connectivity index (χ1n) is 8.60. The Kier molecular flexibility index (Phi) is 5.92. The molecule has 29 heavy (non-hydrogen) atoms. The molecule has 0 atom stereocenters. The minimum absolute atomic E-state index is 0.125. The third-order valence-corrected chi connectivity index (χ3v) is 4.26. The summed E-state index contributed by atoms with van der Waals surface area (Å²) in [7, 11) is 7.58. The molecule has 0 aliphatic carbocycles. The van der Waals surface area contributed by atoms with E-state index in [0.29, 0.717) is 39.9 Å². The monoisotopic (exact) mass is 399 g/mol. The predicted molar refractivity (Wildman–Crippen MR) is 106 cm³/mol. The number of ether oxygens (including phenoxy) is 6. The number of nitrogens with zero attached hydrogens (tertiary/aromatic N) is 1. The number of carbonyl (C=O) groups excluding carboxylic acids is 1. The van der Waals surface area contributed by atoms with Crippen molar-refractivity contribution < 1.29 is 33.2 Å². The van der Waals surface area contributed by atoms with Gasteiger partial charge in [-0.2, -0.15) is 0 Å². The molecule has 0 saturated carbocycles. The summed E-state index contributed by atoms with van der Waals surface area (Å²) < 4.78 is 32.0. The number of hydrogen-bond acceptors (Lipinski definition) is 8. The van der Waals surface area contributed by atoms with Gasteiger partial charge in [-0.25, -0.2) is 9.79 Å². The van der Waals surface area contributed by atoms with E-state index in [1.54, 1.807) is 43.5 Å². The average Bonchev–Trinajstić information content (AvgIpc) is 3.12. The smallest absolute Gasteiger partial charge is 0.363 e. The van der Waals surface area contributed by atoms with Crippen LogP contribution in [-0.4, -0.2) is 47.4 Å². The van der Waals surface area contributed by atoms with Crippen molar-refractivity contribution in [2.75, 3.05) is 35.5 Å². The second-order valence-electron chi connectivity index (χ2n) is 5.83. The lowest BCUT2D eigenvalue weighted by Gasteiger charge is -2.13. The number of benzene rings is 2. The van der Waals surface area contributed by atoms with Gasteiger partial charge < -0.3 is 28.4 Å². The molecule has 0 saturated heterocycles. The van der Waals surface area contributed by atoms with E-state index in [0.717, 1.165) is 0 Å². The van der Waals surface area contributed by atoms with Crippen molar-refractivity contribution in [1.29, 1.82) is 0 Å². The van der Waals surface area contributed by atoms with E-state index in [4.69, 9.17) is 28.4 Å². The molecular weight excluding hydrogens is 378 g/mol. The van der Waals surface area contributed by atoms with Gasteiger partial charge in [-0.1, -0.05) is 12.1 Å². The van der Waals surface area contributed by atoms with Gasteiger partial charge >= 0.3 is 5.97 Å². The number of para-hydroxylation sites is 1. The third kappa shape index (κ3) is 3.82. The van der Waals surface area contributed by atoms with Crippen LogP contribution in [0.2, 0.25) is 0 Å². The Labute approximate surface area is 168 Å². The quantitative estimate of drug-likeness (QED) is 0.522. The Balaban J connectivity index is 2.04. The van der Waals surface area contributed by atoms with Crippen molar-refractivity contribution in [3.05, 3.63) is 47.2 Å². The molecule has 2 aromatic rings. The summed E-state index contributed by atoms with van der Waals surface area (Å²) >= 11 is 0. The molecule has 8 nitrogen and oxygen atoms in total. The van der Waals surface area contributed by atoms with Crippen LogP contribution < -0.4 is 23.7 Å². The zero-order chi connectivity index (χ0) is 21.0. The Morgan fingerprint density at radius 1 is 0.828 bits per heavy atom. The van der Waals surface area contributed by atoms with Crippen LogP contribution in [0.5, 0.6) is 28.7 Å². The molecule has 0 unspecified atom stereocenters. The molecule has 1 aliphatic heterocycles. The predicted octanol–water partition coefficient (Wildman–Crippen LogP) is 3.07. The number of rotatable bonds is 7. The Morgan fingerprint density at radius 3 is 2.00 bits per heavy atom. The first-order valence-corrected chi connectivity index (χ1v) is 8.60. The largest absolute Gasteiger partial charge is 0.493 e. The molecule has 3 rings (SSSR count). The molecule has 152 valence electrons. The third-order valence-electron chi connectivity index (χ3n) is 4.26. The maximum absolute atomic E-state index is 12.4. The molecule has 0 N–H and O–H groups in total. The number of aliphatic imine (C=N–C) groups is 1. The van der Waals surface area contributed by atoms with Gasteiger partial charge in [0.05, 0.1) is 35.5 Å². The number of methoxy groups -OCH3 is 5. The maximum Gasteiger partial charge on any atom is 0.363 e. The fraction of sp³-hybridized carbons (Fsp3) is 0.238. The zero-order valence-corrected chi connectivity index (χ0v) is 16.8. The van der Waals surface area contributed by atoms with Crippen LogP contribution in [0.25, 0.3) is 6.08 Å². The van der Waals surface area contributed by atoms with Crippen molar-refractivity contribution in [3.8, 4) is 28.7 Å². The molecule has 2 aromatic carbocycles. The first kappa shape index (κ1) is 20.1. The normalized spacial score (nSPS) is 14.3. The Morgan fingerprint density at radius 2 is 1.45 bits per heavy atom. The fourth-order valence-corrected chi connectivity index (χ4v) is 2.91. The van der Waals surface area contributed by atoms with Crippen LogP contribution >= 0.6 is 0 Å². The topological polar surface area (TPSA) is 84.8 Å². The summed E-state index contributed by atoms with van der Waals surface area (Å²) in [6, 6.07) is 8.65. The van der Waals surface area contributed by atoms with E-state index < -0.39 is 5.97 Å². The average molecular weight is 399 g/mol. The number of cyclic esters (lactones) is 1. The van der Waals surface area contributed by atoms with E-state index in [1.807, 2.05) is 0 Å². The summed E-state index contributed by atoms with van der Waals surface area (Å²) in [5.41, 5.74) is 1.27. The van der Waals surface area contributed by atoms with E-state index in [1.165, 1.54) is 28.4 Å². The lowest BCUT2D eigenvalue weighted by Crippen LogP contribution is -2.07. The van der Waals surface area contributed by atoms with Crippen LogP contribution in [0.1, 0.15) is 11.1 Å². The molecule has 0 amide bonds. The molecule has 8 heteroatoms. The molecule has 0 aromatic heterocycles. The van der Waals surface area contributed by atoms with Crippen LogP contribution in [0.15, 0.2) is 41.0 Å². The molecule has 0 bridgehead atoms. The minimum atomic E-state index is -0.585. The highest BCUT2D eigenvalue weighted by atomic mass is 16.6. The van der Waals surface area contributed by atoms with Gasteiger partial charge in [0.25, 0.3) is 0 Å². The SMILES string of the molecule is COc1cccc(/C=C2/N=C(c3cc(OC)c(OC)c(OC)c3)OC2=O)c1OC. The molecule has 1 heterocycles. The first-order chi connectivity index (χ1) is 14.1. The summed E-state index contributed by atoms with van der Waals surface area (Å²) in [5.74, 6) is 1.86. The summed E-state index contributed by atoms with van der Waals surface area (Å²) in [4.78, 5) is 16.7. The van der Waals surface area contributed by atoms with Crippen molar-refractivity contribution >= 4 is 17.9 Å². The van der Waals surface area contributed by atoms with Crippen LogP contribution in [-0.2, 0) is 9.53 Å². The second kappa shape index (κ2) is 8.55. The fourth-order valence-electron chi connectivity index (χ4n) is 2.91. The Bertz CT molecular complexity index is 970. The van der Waals surface area contributed by atoms with E-state index in [2.05, 4.69) is 4.99 Å². The standard InChI is InChI=1S/C21H21NO7/c1-24-15-8-6-7-12(18(15)27-4)9-14-21(23)29-20(22-14)13-10-16(25-2)19(28-5)17(11-13)26-3/h6-11H,1-5H3/b14-9+. The van der Waals surface area contributed by atoms with Gasteiger partial charge in [0, 0.05) is 11.1 Å². The zero-order valence-electron chi connectivity index (χ0n) is 16.8. The molecule has 0 fully saturated rings. The van der Waals surface area contributed by atoms with E-state index in [9.17, 15) is 4.79 Å². The second-order valence-corrected chi connectivity index (χ2v) is 5.83. The van der Waals surface area contributed by atoms with Gasteiger partial charge in [-0.15, -0.1) is 0 Å². The highest BCUT2D eigenvalue weighted by Gasteiger charge is 2.27. The van der Waals surface area contributed by atoms with Crippen LogP contribution in [0.4, 0.5) is 0 Å². The highest BCUT2D eigenvalue weighted by molar-refractivity contribution is 6.13. The Hall–Kier alpha value is -3.68. The number of esters is 1. The van der Waals surface area contributed by atoms with Crippen LogP contribution in [0, 0.1) is 0 Å². The van der Waals surface area contributed by atoms with E-state index >= 15 is 0 Å². The molecule has 0 radical (unpaired) electrons. The van der Waals surface area contributed by atoms with Gasteiger partial charge in [0.1, 0.15) is 0 Å². The van der Waals surface area contributed by atoms with Gasteiger partial charge in [-0.3, -0.25) is 0 Å². The number of carbonyl (C=O) groups is 1. The summed E-state index contributed by atoms with van der Waals surface area (Å²) in [6.45, 7) is 0. The minimum Gasteiger partial charge on any atom is -0.493 e. The molecule has 0 spiro atoms. The van der Waals surface area contributed by atoms with Crippen LogP contribution in [0.3, 0.4) is 0 Å².